The second-order valence-electron chi connectivity index (χ2n) is 4.67. The van der Waals surface area contributed by atoms with Gasteiger partial charge in [-0.3, -0.25) is 0 Å². The van der Waals surface area contributed by atoms with E-state index in [0.717, 1.165) is 5.19 Å². The molecule has 0 aliphatic heterocycles. The summed E-state index contributed by atoms with van der Waals surface area (Å²) in [5.41, 5.74) is 0.477. The molecule has 0 aliphatic carbocycles. The summed E-state index contributed by atoms with van der Waals surface area (Å²) in [6, 6.07) is 3.31. The van der Waals surface area contributed by atoms with Crippen LogP contribution in [0.1, 0.15) is 0 Å². The average molecular weight is 259 g/mol. The minimum absolute atomic E-state index is 0.477. The van der Waals surface area contributed by atoms with E-state index in [-0.39, 0.29) is 0 Å². The van der Waals surface area contributed by atoms with Gasteiger partial charge in [0.2, 0.25) is 0 Å². The summed E-state index contributed by atoms with van der Waals surface area (Å²) in [5.74, 6) is 0.573. The highest BCUT2D eigenvalue weighted by Crippen LogP contribution is 2.23. The molecule has 1 aromatic rings. The van der Waals surface area contributed by atoms with Gasteiger partial charge in [-0.15, -0.1) is 0 Å². The first-order valence-corrected chi connectivity index (χ1v) is 8.90. The van der Waals surface area contributed by atoms with Crippen LogP contribution in [-0.4, -0.2) is 32.4 Å². The third-order valence-electron chi connectivity index (χ3n) is 2.39. The Bertz CT molecular complexity index is 390. The van der Waals surface area contributed by atoms with Gasteiger partial charge in [-0.1, -0.05) is 37.3 Å². The minimum Gasteiger partial charge on any atom is -0.495 e. The number of benzene rings is 1. The van der Waals surface area contributed by atoms with Gasteiger partial charge in [-0.25, -0.2) is 0 Å². The molecule has 0 saturated carbocycles. The maximum atomic E-state index is 9.33. The van der Waals surface area contributed by atoms with Gasteiger partial charge in [-0.2, -0.15) is 0 Å². The highest BCUT2D eigenvalue weighted by atomic mass is 35.5. The third kappa shape index (κ3) is 2.60. The summed E-state index contributed by atoms with van der Waals surface area (Å²) in [6.45, 7) is 6.29. The molecule has 0 aromatic heterocycles. The topological polar surface area (TPSA) is 49.7 Å². The fourth-order valence-electron chi connectivity index (χ4n) is 1.71. The molecule has 1 aromatic carbocycles. The van der Waals surface area contributed by atoms with Crippen molar-refractivity contribution < 1.29 is 14.8 Å². The largest absolute Gasteiger partial charge is 0.495 e. The summed E-state index contributed by atoms with van der Waals surface area (Å²) < 4.78 is 5.14. The van der Waals surface area contributed by atoms with Crippen LogP contribution >= 0.6 is 11.6 Å². The molecule has 0 fully saturated rings. The molecule has 6 heteroatoms. The van der Waals surface area contributed by atoms with E-state index >= 15 is 0 Å². The van der Waals surface area contributed by atoms with E-state index in [1.807, 2.05) is 0 Å². The highest BCUT2D eigenvalue weighted by Gasteiger charge is 2.29. The van der Waals surface area contributed by atoms with Crippen molar-refractivity contribution in [3.63, 3.8) is 0 Å². The van der Waals surface area contributed by atoms with Crippen molar-refractivity contribution in [2.45, 2.75) is 19.6 Å². The molecule has 0 unspecified atom stereocenters. The van der Waals surface area contributed by atoms with Gasteiger partial charge in [0.25, 0.3) is 0 Å². The number of halogens is 1. The zero-order valence-corrected chi connectivity index (χ0v) is 11.7. The predicted octanol–water partition coefficient (Wildman–Crippen LogP) is 0.574. The van der Waals surface area contributed by atoms with E-state index in [2.05, 4.69) is 19.6 Å². The van der Waals surface area contributed by atoms with E-state index in [1.165, 1.54) is 0 Å². The second kappa shape index (κ2) is 4.79. The van der Waals surface area contributed by atoms with Gasteiger partial charge in [0.1, 0.15) is 5.75 Å². The Kier molecular flexibility index (Phi) is 4.07. The molecule has 3 nitrogen and oxygen atoms in total. The van der Waals surface area contributed by atoms with Crippen molar-refractivity contribution >= 4 is 37.4 Å². The van der Waals surface area contributed by atoms with Crippen molar-refractivity contribution in [3.8, 4) is 5.75 Å². The fourth-order valence-corrected chi connectivity index (χ4v) is 4.67. The first kappa shape index (κ1) is 13.6. The van der Waals surface area contributed by atoms with E-state index < -0.39 is 15.2 Å². The SMILES string of the molecule is COc1ccc(B(O)O)c([Si](C)(C)C)c1Cl. The molecule has 1 rings (SSSR count). The molecule has 2 N–H and O–H groups in total. The van der Waals surface area contributed by atoms with Crippen LogP contribution in [-0.2, 0) is 0 Å². The Hall–Kier alpha value is -0.488. The van der Waals surface area contributed by atoms with Crippen LogP contribution in [0.5, 0.6) is 5.75 Å². The summed E-state index contributed by atoms with van der Waals surface area (Å²) >= 11 is 6.23. The Morgan fingerprint density at radius 1 is 1.25 bits per heavy atom. The Morgan fingerprint density at radius 2 is 1.81 bits per heavy atom. The number of hydrogen-bond acceptors (Lipinski definition) is 3. The van der Waals surface area contributed by atoms with Crippen LogP contribution in [0, 0.1) is 0 Å². The molecule has 0 spiro atoms. The van der Waals surface area contributed by atoms with Crippen molar-refractivity contribution in [2.24, 2.45) is 0 Å². The molecule has 0 saturated heterocycles. The van der Waals surface area contributed by atoms with Gasteiger partial charge < -0.3 is 14.8 Å². The number of methoxy groups -OCH3 is 1. The first-order valence-electron chi connectivity index (χ1n) is 5.02. The summed E-state index contributed by atoms with van der Waals surface area (Å²) in [4.78, 5) is 0. The van der Waals surface area contributed by atoms with Gasteiger partial charge in [0, 0.05) is 0 Å². The Labute approximate surface area is 102 Å². The summed E-state index contributed by atoms with van der Waals surface area (Å²) in [6.07, 6.45) is 0. The van der Waals surface area contributed by atoms with Crippen LogP contribution < -0.4 is 15.4 Å². The van der Waals surface area contributed by atoms with Crippen molar-refractivity contribution in [1.29, 1.82) is 0 Å². The molecule has 0 atom stereocenters. The lowest BCUT2D eigenvalue weighted by molar-refractivity contribution is 0.415. The van der Waals surface area contributed by atoms with Crippen LogP contribution in [0.3, 0.4) is 0 Å². The van der Waals surface area contributed by atoms with Crippen LogP contribution in [0.2, 0.25) is 24.7 Å². The maximum Gasteiger partial charge on any atom is 0.488 e. The minimum atomic E-state index is -1.76. The van der Waals surface area contributed by atoms with Gasteiger partial charge in [-0.05, 0) is 16.7 Å². The molecule has 0 heterocycles. The molecule has 16 heavy (non-hydrogen) atoms. The summed E-state index contributed by atoms with van der Waals surface area (Å²) in [7, 11) is -1.71. The number of hydrogen-bond donors (Lipinski definition) is 2. The standard InChI is InChI=1S/C10H16BClO3Si/c1-15-8-6-5-7(11(13)14)10(9(8)12)16(2,3)4/h5-6,13-14H,1-4H3. The average Bonchev–Trinajstić information content (AvgIpc) is 2.14. The van der Waals surface area contributed by atoms with E-state index in [0.29, 0.717) is 16.2 Å². The second-order valence-corrected chi connectivity index (χ2v) is 10.0. The Morgan fingerprint density at radius 3 is 2.19 bits per heavy atom. The zero-order valence-electron chi connectivity index (χ0n) is 9.91. The van der Waals surface area contributed by atoms with Crippen molar-refractivity contribution in [2.75, 3.05) is 7.11 Å². The lowest BCUT2D eigenvalue weighted by Gasteiger charge is -2.23. The van der Waals surface area contributed by atoms with E-state index in [4.69, 9.17) is 16.3 Å². The lowest BCUT2D eigenvalue weighted by Crippen LogP contribution is -2.53. The zero-order chi connectivity index (χ0) is 12.5. The Balaban J connectivity index is 3.50. The van der Waals surface area contributed by atoms with Crippen molar-refractivity contribution in [3.05, 3.63) is 17.2 Å². The van der Waals surface area contributed by atoms with E-state index in [1.54, 1.807) is 19.2 Å². The molecular weight excluding hydrogens is 242 g/mol. The van der Waals surface area contributed by atoms with Crippen LogP contribution in [0.4, 0.5) is 0 Å². The molecule has 0 amide bonds. The molecule has 0 aliphatic rings. The number of ether oxygens (including phenoxy) is 1. The third-order valence-corrected chi connectivity index (χ3v) is 4.96. The maximum absolute atomic E-state index is 9.33. The molecule has 0 bridgehead atoms. The quantitative estimate of drug-likeness (QED) is 0.780. The van der Waals surface area contributed by atoms with Crippen molar-refractivity contribution in [1.82, 2.24) is 0 Å². The van der Waals surface area contributed by atoms with E-state index in [9.17, 15) is 10.0 Å². The summed E-state index contributed by atoms with van der Waals surface area (Å²) in [5, 5.41) is 20.0. The van der Waals surface area contributed by atoms with Gasteiger partial charge in [0.05, 0.1) is 20.2 Å². The van der Waals surface area contributed by atoms with Gasteiger partial charge in [0.15, 0.2) is 0 Å². The monoisotopic (exact) mass is 258 g/mol. The van der Waals surface area contributed by atoms with Crippen LogP contribution in [0.25, 0.3) is 0 Å². The smallest absolute Gasteiger partial charge is 0.488 e. The fraction of sp³-hybridized carbons (Fsp3) is 0.400. The van der Waals surface area contributed by atoms with Crippen LogP contribution in [0.15, 0.2) is 12.1 Å². The number of rotatable bonds is 3. The normalized spacial score (nSPS) is 11.4. The molecule has 0 radical (unpaired) electrons. The molecular formula is C10H16BClO3Si. The predicted molar refractivity (Wildman–Crippen MR) is 70.8 cm³/mol. The first-order chi connectivity index (χ1) is 7.29. The molecule has 88 valence electrons. The lowest BCUT2D eigenvalue weighted by atomic mass is 9.80. The highest BCUT2D eigenvalue weighted by molar-refractivity contribution is 6.93. The van der Waals surface area contributed by atoms with Gasteiger partial charge >= 0.3 is 7.12 Å².